The van der Waals surface area contributed by atoms with Gasteiger partial charge in [-0.25, -0.2) is 14.6 Å². The molecule has 3 rings (SSSR count). The van der Waals surface area contributed by atoms with Crippen molar-refractivity contribution >= 4 is 29.3 Å². The second-order valence-corrected chi connectivity index (χ2v) is 5.98. The zero-order valence-corrected chi connectivity index (χ0v) is 15.7. The molecular weight excluding hydrogens is 364 g/mol. The molecule has 1 aromatic carbocycles. The van der Waals surface area contributed by atoms with Crippen molar-refractivity contribution in [1.29, 1.82) is 0 Å². The van der Waals surface area contributed by atoms with Gasteiger partial charge in [0.2, 0.25) is 0 Å². The number of morpholine rings is 1. The van der Waals surface area contributed by atoms with Crippen LogP contribution in [0.15, 0.2) is 36.5 Å². The number of para-hydroxylation sites is 1. The Hall–Kier alpha value is -3.40. The van der Waals surface area contributed by atoms with Crippen LogP contribution < -0.4 is 20.3 Å². The predicted octanol–water partition coefficient (Wildman–Crippen LogP) is 2.02. The standard InChI is InChI=1S/C18H22N6O4/c1-23(18(26)24-8-10-28-11-9-24)15-14(12-19-17(22-15)27-2)21-16(25)20-13-6-4-3-5-7-13/h3-7,12H,8-11H2,1-2H3,(H2,20,21,25). The molecule has 0 radical (unpaired) electrons. The van der Waals surface area contributed by atoms with Gasteiger partial charge in [-0.15, -0.1) is 0 Å². The minimum absolute atomic E-state index is 0.0886. The normalized spacial score (nSPS) is 13.6. The highest BCUT2D eigenvalue weighted by molar-refractivity contribution is 6.03. The van der Waals surface area contributed by atoms with Crippen LogP contribution in [0.2, 0.25) is 0 Å². The van der Waals surface area contributed by atoms with E-state index in [1.54, 1.807) is 24.1 Å². The number of carbonyl (C=O) groups is 2. The number of nitrogens with zero attached hydrogens (tertiary/aromatic N) is 4. The first kappa shape index (κ1) is 19.4. The molecule has 2 heterocycles. The summed E-state index contributed by atoms with van der Waals surface area (Å²) in [5, 5.41) is 5.39. The largest absolute Gasteiger partial charge is 0.467 e. The Morgan fingerprint density at radius 2 is 1.89 bits per heavy atom. The smallest absolute Gasteiger partial charge is 0.325 e. The van der Waals surface area contributed by atoms with Crippen LogP contribution in [0.4, 0.5) is 26.8 Å². The minimum Gasteiger partial charge on any atom is -0.467 e. The number of anilines is 3. The maximum Gasteiger partial charge on any atom is 0.325 e. The minimum atomic E-state index is -0.478. The number of hydrogen-bond acceptors (Lipinski definition) is 6. The third-order valence-electron chi connectivity index (χ3n) is 4.10. The number of nitrogens with one attached hydrogen (secondary N) is 2. The molecule has 10 nitrogen and oxygen atoms in total. The highest BCUT2D eigenvalue weighted by atomic mass is 16.5. The van der Waals surface area contributed by atoms with E-state index < -0.39 is 6.03 Å². The zero-order chi connectivity index (χ0) is 19.9. The summed E-state index contributed by atoms with van der Waals surface area (Å²) in [5.74, 6) is 0.228. The van der Waals surface area contributed by atoms with Gasteiger partial charge in [0.1, 0.15) is 5.69 Å². The van der Waals surface area contributed by atoms with E-state index in [0.29, 0.717) is 32.0 Å². The second-order valence-electron chi connectivity index (χ2n) is 5.98. The van der Waals surface area contributed by atoms with E-state index in [4.69, 9.17) is 9.47 Å². The molecule has 10 heteroatoms. The summed E-state index contributed by atoms with van der Waals surface area (Å²) < 4.78 is 10.3. The fourth-order valence-electron chi connectivity index (χ4n) is 2.66. The van der Waals surface area contributed by atoms with E-state index in [0.717, 1.165) is 0 Å². The van der Waals surface area contributed by atoms with Gasteiger partial charge in [-0.05, 0) is 12.1 Å². The lowest BCUT2D eigenvalue weighted by molar-refractivity contribution is 0.0551. The zero-order valence-electron chi connectivity index (χ0n) is 15.7. The average molecular weight is 386 g/mol. The van der Waals surface area contributed by atoms with Crippen LogP contribution in [0.25, 0.3) is 0 Å². The molecule has 2 N–H and O–H groups in total. The molecule has 1 fully saturated rings. The van der Waals surface area contributed by atoms with Gasteiger partial charge in [0.05, 0.1) is 26.5 Å². The van der Waals surface area contributed by atoms with E-state index in [2.05, 4.69) is 20.6 Å². The van der Waals surface area contributed by atoms with Crippen molar-refractivity contribution in [3.63, 3.8) is 0 Å². The molecular formula is C18H22N6O4. The number of aromatic nitrogens is 2. The van der Waals surface area contributed by atoms with Crippen LogP contribution in [-0.2, 0) is 4.74 Å². The van der Waals surface area contributed by atoms with Gasteiger partial charge in [0.25, 0.3) is 0 Å². The van der Waals surface area contributed by atoms with Crippen molar-refractivity contribution in [2.75, 3.05) is 56.0 Å². The summed E-state index contributed by atoms with van der Waals surface area (Å²) in [5.41, 5.74) is 0.909. The molecule has 148 valence electrons. The van der Waals surface area contributed by atoms with E-state index in [1.807, 2.05) is 18.2 Å². The molecule has 0 saturated carbocycles. The Bertz CT molecular complexity index is 826. The van der Waals surface area contributed by atoms with Gasteiger partial charge in [0, 0.05) is 25.8 Å². The molecule has 0 aliphatic carbocycles. The van der Waals surface area contributed by atoms with Crippen molar-refractivity contribution in [2.24, 2.45) is 0 Å². The van der Waals surface area contributed by atoms with Crippen LogP contribution in [0.5, 0.6) is 6.01 Å². The predicted molar refractivity (Wildman–Crippen MR) is 104 cm³/mol. The lowest BCUT2D eigenvalue weighted by Gasteiger charge is -2.31. The van der Waals surface area contributed by atoms with Crippen LogP contribution >= 0.6 is 0 Å². The Balaban J connectivity index is 1.79. The average Bonchev–Trinajstić information content (AvgIpc) is 2.74. The number of hydrogen-bond donors (Lipinski definition) is 2. The Labute approximate surface area is 162 Å². The van der Waals surface area contributed by atoms with E-state index in [1.165, 1.54) is 18.2 Å². The molecule has 4 amide bonds. The van der Waals surface area contributed by atoms with Crippen LogP contribution in [0, 0.1) is 0 Å². The number of benzene rings is 1. The highest BCUT2D eigenvalue weighted by Gasteiger charge is 2.25. The Morgan fingerprint density at radius 3 is 2.57 bits per heavy atom. The fourth-order valence-corrected chi connectivity index (χ4v) is 2.66. The molecule has 1 aliphatic rings. The Kier molecular flexibility index (Phi) is 6.22. The number of rotatable bonds is 4. The van der Waals surface area contributed by atoms with E-state index in [-0.39, 0.29) is 23.5 Å². The van der Waals surface area contributed by atoms with Crippen molar-refractivity contribution in [1.82, 2.24) is 14.9 Å². The molecule has 0 spiro atoms. The number of ether oxygens (including phenoxy) is 2. The summed E-state index contributed by atoms with van der Waals surface area (Å²) in [7, 11) is 3.01. The topological polar surface area (TPSA) is 109 Å². The van der Waals surface area contributed by atoms with Gasteiger partial charge in [-0.3, -0.25) is 4.90 Å². The summed E-state index contributed by atoms with van der Waals surface area (Å²) in [4.78, 5) is 36.4. The van der Waals surface area contributed by atoms with Gasteiger partial charge >= 0.3 is 18.1 Å². The van der Waals surface area contributed by atoms with Crippen molar-refractivity contribution in [2.45, 2.75) is 0 Å². The van der Waals surface area contributed by atoms with Gasteiger partial charge in [0.15, 0.2) is 5.82 Å². The van der Waals surface area contributed by atoms with Crippen molar-refractivity contribution in [3.8, 4) is 6.01 Å². The molecule has 2 aromatic rings. The SMILES string of the molecule is COc1ncc(NC(=O)Nc2ccccc2)c(N(C)C(=O)N2CCOCC2)n1. The van der Waals surface area contributed by atoms with Gasteiger partial charge < -0.3 is 25.0 Å². The summed E-state index contributed by atoms with van der Waals surface area (Å²) in [6, 6.07) is 8.36. The number of methoxy groups -OCH3 is 1. The molecule has 28 heavy (non-hydrogen) atoms. The lowest BCUT2D eigenvalue weighted by Crippen LogP contribution is -2.47. The fraction of sp³-hybridized carbons (Fsp3) is 0.333. The van der Waals surface area contributed by atoms with Gasteiger partial charge in [-0.1, -0.05) is 18.2 Å². The molecule has 1 aromatic heterocycles. The third kappa shape index (κ3) is 4.65. The van der Waals surface area contributed by atoms with Crippen LogP contribution in [0.1, 0.15) is 0 Å². The monoisotopic (exact) mass is 386 g/mol. The second kappa shape index (κ2) is 9.00. The van der Waals surface area contributed by atoms with Crippen LogP contribution in [-0.4, -0.2) is 67.4 Å². The summed E-state index contributed by atoms with van der Waals surface area (Å²) >= 11 is 0. The number of amides is 4. The Morgan fingerprint density at radius 1 is 1.18 bits per heavy atom. The maximum absolute atomic E-state index is 12.8. The summed E-state index contributed by atoms with van der Waals surface area (Å²) in [6.45, 7) is 1.94. The van der Waals surface area contributed by atoms with E-state index >= 15 is 0 Å². The first-order valence-electron chi connectivity index (χ1n) is 8.73. The summed E-state index contributed by atoms with van der Waals surface area (Å²) in [6.07, 6.45) is 1.40. The molecule has 0 unspecified atom stereocenters. The first-order valence-corrected chi connectivity index (χ1v) is 8.73. The number of urea groups is 2. The molecule has 0 atom stereocenters. The third-order valence-corrected chi connectivity index (χ3v) is 4.10. The first-order chi connectivity index (χ1) is 13.6. The maximum atomic E-state index is 12.8. The molecule has 1 aliphatic heterocycles. The number of carbonyl (C=O) groups excluding carboxylic acids is 2. The van der Waals surface area contributed by atoms with Crippen molar-refractivity contribution in [3.05, 3.63) is 36.5 Å². The molecule has 1 saturated heterocycles. The lowest BCUT2D eigenvalue weighted by atomic mass is 10.3. The molecule has 0 bridgehead atoms. The quantitative estimate of drug-likeness (QED) is 0.832. The van der Waals surface area contributed by atoms with Crippen molar-refractivity contribution < 1.29 is 19.1 Å². The highest BCUT2D eigenvalue weighted by Crippen LogP contribution is 2.25. The van der Waals surface area contributed by atoms with E-state index in [9.17, 15) is 9.59 Å². The van der Waals surface area contributed by atoms with Gasteiger partial charge in [-0.2, -0.15) is 4.98 Å². The van der Waals surface area contributed by atoms with Crippen LogP contribution in [0.3, 0.4) is 0 Å².